The lowest BCUT2D eigenvalue weighted by Gasteiger charge is -2.24. The molecular formula is C14H17N5O. The molecule has 6 nitrogen and oxygen atoms in total. The summed E-state index contributed by atoms with van der Waals surface area (Å²) in [6.07, 6.45) is 1.50. The number of aliphatic hydroxyl groups excluding tert-OH is 1. The molecule has 104 valence electrons. The number of benzene rings is 1. The molecule has 1 aromatic carbocycles. The second kappa shape index (κ2) is 6.63. The fourth-order valence-electron chi connectivity index (χ4n) is 1.95. The van der Waals surface area contributed by atoms with E-state index in [1.807, 2.05) is 35.2 Å². The Kier molecular flexibility index (Phi) is 4.62. The van der Waals surface area contributed by atoms with Crippen LogP contribution in [0.15, 0.2) is 42.6 Å². The lowest BCUT2D eigenvalue weighted by atomic mass is 10.2. The normalized spacial score (nSPS) is 10.2. The summed E-state index contributed by atoms with van der Waals surface area (Å²) in [5, 5.41) is 24.7. The number of hydrogen-bond acceptors (Lipinski definition) is 5. The van der Waals surface area contributed by atoms with Gasteiger partial charge in [0, 0.05) is 13.1 Å². The Hall–Kier alpha value is -2.47. The van der Waals surface area contributed by atoms with Crippen molar-refractivity contribution in [1.82, 2.24) is 10.2 Å². The van der Waals surface area contributed by atoms with Crippen LogP contribution < -0.4 is 10.6 Å². The Bertz CT molecular complexity index is 573. The fraction of sp³-hybridized carbons (Fsp3) is 0.214. The molecule has 0 radical (unpaired) electrons. The van der Waals surface area contributed by atoms with Crippen molar-refractivity contribution < 1.29 is 5.11 Å². The number of hydrogen-bond donors (Lipinski definition) is 3. The van der Waals surface area contributed by atoms with Crippen LogP contribution in [-0.2, 0) is 6.54 Å². The molecule has 0 saturated carbocycles. The molecule has 0 aliphatic rings. The monoisotopic (exact) mass is 271 g/mol. The number of amidine groups is 1. The van der Waals surface area contributed by atoms with Crippen LogP contribution in [0.25, 0.3) is 0 Å². The van der Waals surface area contributed by atoms with E-state index in [2.05, 4.69) is 10.2 Å². The highest BCUT2D eigenvalue weighted by Crippen LogP contribution is 2.18. The molecule has 0 aliphatic heterocycles. The van der Waals surface area contributed by atoms with Crippen LogP contribution in [0.4, 0.5) is 5.82 Å². The van der Waals surface area contributed by atoms with Crippen LogP contribution in [-0.4, -0.2) is 34.3 Å². The molecule has 0 amide bonds. The van der Waals surface area contributed by atoms with E-state index in [-0.39, 0.29) is 12.4 Å². The van der Waals surface area contributed by atoms with E-state index in [0.717, 1.165) is 5.56 Å². The van der Waals surface area contributed by atoms with Crippen LogP contribution in [0.1, 0.15) is 11.1 Å². The average molecular weight is 271 g/mol. The molecule has 0 unspecified atom stereocenters. The van der Waals surface area contributed by atoms with Gasteiger partial charge in [-0.25, -0.2) is 0 Å². The summed E-state index contributed by atoms with van der Waals surface area (Å²) in [4.78, 5) is 1.86. The summed E-state index contributed by atoms with van der Waals surface area (Å²) in [7, 11) is 0. The summed E-state index contributed by atoms with van der Waals surface area (Å²) in [6, 6.07) is 11.5. The van der Waals surface area contributed by atoms with Gasteiger partial charge < -0.3 is 15.7 Å². The number of nitrogen functional groups attached to an aromatic ring is 1. The number of rotatable bonds is 6. The molecule has 0 spiro atoms. The second-order valence-electron chi connectivity index (χ2n) is 4.31. The summed E-state index contributed by atoms with van der Waals surface area (Å²) < 4.78 is 0. The van der Waals surface area contributed by atoms with E-state index in [1.54, 1.807) is 6.07 Å². The first-order valence-corrected chi connectivity index (χ1v) is 6.28. The fourth-order valence-corrected chi connectivity index (χ4v) is 1.95. The second-order valence-corrected chi connectivity index (χ2v) is 4.31. The van der Waals surface area contributed by atoms with Gasteiger partial charge in [-0.05, 0) is 11.6 Å². The molecule has 20 heavy (non-hydrogen) atoms. The van der Waals surface area contributed by atoms with Gasteiger partial charge in [0.2, 0.25) is 0 Å². The third kappa shape index (κ3) is 3.30. The van der Waals surface area contributed by atoms with Gasteiger partial charge in [-0.2, -0.15) is 5.10 Å². The maximum atomic E-state index is 9.23. The van der Waals surface area contributed by atoms with Crippen molar-refractivity contribution in [3.05, 3.63) is 53.7 Å². The molecule has 0 saturated heterocycles. The van der Waals surface area contributed by atoms with E-state index in [1.165, 1.54) is 6.20 Å². The van der Waals surface area contributed by atoms with E-state index in [4.69, 9.17) is 11.1 Å². The third-order valence-corrected chi connectivity index (χ3v) is 2.88. The van der Waals surface area contributed by atoms with Crippen molar-refractivity contribution in [2.75, 3.05) is 18.1 Å². The van der Waals surface area contributed by atoms with E-state index >= 15 is 0 Å². The predicted octanol–water partition coefficient (Wildman–Crippen LogP) is 0.760. The van der Waals surface area contributed by atoms with Gasteiger partial charge in [-0.1, -0.05) is 30.3 Å². The number of nitrogens with one attached hydrogen (secondary N) is 1. The molecular weight excluding hydrogens is 254 g/mol. The number of aromatic nitrogens is 2. The van der Waals surface area contributed by atoms with Crippen molar-refractivity contribution in [2.45, 2.75) is 6.54 Å². The Morgan fingerprint density at radius 2 is 2.00 bits per heavy atom. The summed E-state index contributed by atoms with van der Waals surface area (Å²) in [5.41, 5.74) is 7.17. The molecule has 0 aliphatic carbocycles. The Morgan fingerprint density at radius 3 is 2.65 bits per heavy atom. The minimum atomic E-state index is -0.0640. The topological polar surface area (TPSA) is 99.1 Å². The van der Waals surface area contributed by atoms with Gasteiger partial charge in [0.1, 0.15) is 5.84 Å². The van der Waals surface area contributed by atoms with Crippen molar-refractivity contribution in [3.63, 3.8) is 0 Å². The molecule has 0 atom stereocenters. The molecule has 6 heteroatoms. The van der Waals surface area contributed by atoms with E-state index < -0.39 is 0 Å². The number of anilines is 1. The van der Waals surface area contributed by atoms with Crippen LogP contribution in [0, 0.1) is 5.41 Å². The van der Waals surface area contributed by atoms with Crippen molar-refractivity contribution in [2.24, 2.45) is 5.73 Å². The third-order valence-electron chi connectivity index (χ3n) is 2.88. The average Bonchev–Trinajstić information content (AvgIpc) is 2.48. The first-order valence-electron chi connectivity index (χ1n) is 6.28. The van der Waals surface area contributed by atoms with Crippen molar-refractivity contribution in [1.29, 1.82) is 5.41 Å². The summed E-state index contributed by atoms with van der Waals surface area (Å²) >= 11 is 0. The highest BCUT2D eigenvalue weighted by atomic mass is 16.3. The molecule has 2 rings (SSSR count). The molecule has 4 N–H and O–H groups in total. The van der Waals surface area contributed by atoms with Crippen LogP contribution >= 0.6 is 0 Å². The van der Waals surface area contributed by atoms with Gasteiger partial charge >= 0.3 is 0 Å². The number of nitrogens with zero attached hydrogens (tertiary/aromatic N) is 3. The molecule has 0 fully saturated rings. The van der Waals surface area contributed by atoms with Gasteiger partial charge in [0.25, 0.3) is 0 Å². The SMILES string of the molecule is N=C(N)c1ccnnc1N(CCO)Cc1ccccc1. The summed E-state index contributed by atoms with van der Waals surface area (Å²) in [6.45, 7) is 0.953. The first-order chi connectivity index (χ1) is 9.72. The standard InChI is InChI=1S/C14H17N5O/c15-13(16)12-6-7-17-18-14(12)19(8-9-20)10-11-4-2-1-3-5-11/h1-7,20H,8-10H2,(H3,15,16). The summed E-state index contributed by atoms with van der Waals surface area (Å²) in [5.74, 6) is 0.448. The highest BCUT2D eigenvalue weighted by Gasteiger charge is 2.15. The Balaban J connectivity index is 2.31. The highest BCUT2D eigenvalue weighted by molar-refractivity contribution is 5.99. The smallest absolute Gasteiger partial charge is 0.162 e. The lowest BCUT2D eigenvalue weighted by Crippen LogP contribution is -2.30. The largest absolute Gasteiger partial charge is 0.395 e. The quantitative estimate of drug-likeness (QED) is 0.532. The maximum absolute atomic E-state index is 9.23. The predicted molar refractivity (Wildman–Crippen MR) is 77.6 cm³/mol. The zero-order valence-electron chi connectivity index (χ0n) is 11.0. The number of nitrogens with two attached hydrogens (primary N) is 1. The van der Waals surface area contributed by atoms with Gasteiger partial charge in [0.05, 0.1) is 18.4 Å². The van der Waals surface area contributed by atoms with Crippen molar-refractivity contribution in [3.8, 4) is 0 Å². The Labute approximate surface area is 117 Å². The molecule has 2 aromatic rings. The minimum Gasteiger partial charge on any atom is -0.395 e. The van der Waals surface area contributed by atoms with Gasteiger partial charge in [-0.3, -0.25) is 5.41 Å². The van der Waals surface area contributed by atoms with Crippen LogP contribution in [0.5, 0.6) is 0 Å². The Morgan fingerprint density at radius 1 is 1.25 bits per heavy atom. The first kappa shape index (κ1) is 14.0. The van der Waals surface area contributed by atoms with E-state index in [9.17, 15) is 5.11 Å². The van der Waals surface area contributed by atoms with Crippen molar-refractivity contribution >= 4 is 11.7 Å². The zero-order valence-corrected chi connectivity index (χ0v) is 11.0. The van der Waals surface area contributed by atoms with Gasteiger partial charge in [-0.15, -0.1) is 5.10 Å². The molecule has 0 bridgehead atoms. The zero-order chi connectivity index (χ0) is 14.4. The van der Waals surface area contributed by atoms with E-state index in [0.29, 0.717) is 24.5 Å². The lowest BCUT2D eigenvalue weighted by molar-refractivity contribution is 0.301. The van der Waals surface area contributed by atoms with Gasteiger partial charge in [0.15, 0.2) is 5.82 Å². The molecule has 1 heterocycles. The number of aliphatic hydroxyl groups is 1. The molecule has 1 aromatic heterocycles. The maximum Gasteiger partial charge on any atom is 0.162 e. The van der Waals surface area contributed by atoms with Crippen LogP contribution in [0.3, 0.4) is 0 Å². The minimum absolute atomic E-state index is 0.0131. The van der Waals surface area contributed by atoms with Crippen LogP contribution in [0.2, 0.25) is 0 Å².